The quantitative estimate of drug-likeness (QED) is 0.804. The molecule has 5 nitrogen and oxygen atoms in total. The minimum absolute atomic E-state index is 0.155. The molecule has 5 heteroatoms. The minimum atomic E-state index is -0.155. The van der Waals surface area contributed by atoms with Crippen LogP contribution in [0.3, 0.4) is 0 Å². The van der Waals surface area contributed by atoms with Crippen LogP contribution in [0.5, 0.6) is 0 Å². The Morgan fingerprint density at radius 2 is 2.44 bits per heavy atom. The summed E-state index contributed by atoms with van der Waals surface area (Å²) < 4.78 is 5.33. The number of nitrogens with one attached hydrogen (secondary N) is 2. The van der Waals surface area contributed by atoms with E-state index in [9.17, 15) is 0 Å². The summed E-state index contributed by atoms with van der Waals surface area (Å²) in [7, 11) is 0. The third-order valence-electron chi connectivity index (χ3n) is 3.11. The van der Waals surface area contributed by atoms with Gasteiger partial charge < -0.3 is 14.8 Å². The summed E-state index contributed by atoms with van der Waals surface area (Å²) in [5.74, 6) is 1.30. The molecule has 1 unspecified atom stereocenters. The second-order valence-electron chi connectivity index (χ2n) is 4.37. The Hall–Kier alpha value is -1.62. The van der Waals surface area contributed by atoms with Crippen molar-refractivity contribution in [2.24, 2.45) is 0 Å². The van der Waals surface area contributed by atoms with E-state index in [4.69, 9.17) is 4.52 Å². The van der Waals surface area contributed by atoms with Crippen molar-refractivity contribution in [1.29, 1.82) is 0 Å². The van der Waals surface area contributed by atoms with Gasteiger partial charge in [-0.3, -0.25) is 0 Å². The van der Waals surface area contributed by atoms with E-state index >= 15 is 0 Å². The predicted octanol–water partition coefficient (Wildman–Crippen LogP) is 1.66. The van der Waals surface area contributed by atoms with Gasteiger partial charge in [0.15, 0.2) is 0 Å². The zero-order valence-corrected chi connectivity index (χ0v) is 9.16. The summed E-state index contributed by atoms with van der Waals surface area (Å²) >= 11 is 0. The SMILES string of the molecule is CC1(c2nc(-c3ccc[nH]3)no2)CCCN1. The zero-order valence-electron chi connectivity index (χ0n) is 9.16. The molecule has 16 heavy (non-hydrogen) atoms. The van der Waals surface area contributed by atoms with E-state index in [1.54, 1.807) is 0 Å². The molecule has 1 saturated heterocycles. The Morgan fingerprint density at radius 3 is 3.12 bits per heavy atom. The van der Waals surface area contributed by atoms with Crippen molar-refractivity contribution in [3.05, 3.63) is 24.2 Å². The fraction of sp³-hybridized carbons (Fsp3) is 0.455. The summed E-state index contributed by atoms with van der Waals surface area (Å²) in [5, 5.41) is 7.39. The molecule has 0 aromatic carbocycles. The van der Waals surface area contributed by atoms with Crippen LogP contribution in [0, 0.1) is 0 Å². The molecule has 1 aliphatic heterocycles. The van der Waals surface area contributed by atoms with E-state index in [1.807, 2.05) is 18.3 Å². The average Bonchev–Trinajstić information content (AvgIpc) is 2.98. The summed E-state index contributed by atoms with van der Waals surface area (Å²) in [4.78, 5) is 7.50. The first-order valence-corrected chi connectivity index (χ1v) is 5.51. The topological polar surface area (TPSA) is 66.7 Å². The van der Waals surface area contributed by atoms with Crippen LogP contribution in [0.4, 0.5) is 0 Å². The molecule has 84 valence electrons. The van der Waals surface area contributed by atoms with Gasteiger partial charge in [-0.1, -0.05) is 5.16 Å². The van der Waals surface area contributed by atoms with Gasteiger partial charge in [0.25, 0.3) is 0 Å². The highest BCUT2D eigenvalue weighted by molar-refractivity contribution is 5.48. The number of H-pyrrole nitrogens is 1. The Bertz CT molecular complexity index is 468. The van der Waals surface area contributed by atoms with E-state index < -0.39 is 0 Å². The molecule has 0 bridgehead atoms. The standard InChI is InChI=1S/C11H14N4O/c1-11(5-3-7-13-11)10-14-9(15-16-10)8-4-2-6-12-8/h2,4,6,12-13H,3,5,7H2,1H3. The summed E-state index contributed by atoms with van der Waals surface area (Å²) in [6.07, 6.45) is 4.04. The van der Waals surface area contributed by atoms with Crippen LogP contribution in [0.1, 0.15) is 25.7 Å². The van der Waals surface area contributed by atoms with E-state index in [1.165, 1.54) is 0 Å². The minimum Gasteiger partial charge on any atom is -0.359 e. The van der Waals surface area contributed by atoms with E-state index in [2.05, 4.69) is 27.4 Å². The Kier molecular flexibility index (Phi) is 2.07. The monoisotopic (exact) mass is 218 g/mol. The maximum absolute atomic E-state index is 5.33. The first-order chi connectivity index (χ1) is 7.78. The number of hydrogen-bond acceptors (Lipinski definition) is 4. The molecule has 0 spiro atoms. The van der Waals surface area contributed by atoms with Crippen molar-refractivity contribution in [3.8, 4) is 11.5 Å². The third-order valence-corrected chi connectivity index (χ3v) is 3.11. The summed E-state index contributed by atoms with van der Waals surface area (Å²) in [6.45, 7) is 3.11. The normalized spacial score (nSPS) is 25.1. The largest absolute Gasteiger partial charge is 0.359 e. The lowest BCUT2D eigenvalue weighted by atomic mass is 10.0. The van der Waals surface area contributed by atoms with Gasteiger partial charge >= 0.3 is 0 Å². The fourth-order valence-electron chi connectivity index (χ4n) is 2.10. The van der Waals surface area contributed by atoms with Gasteiger partial charge in [0.05, 0.1) is 11.2 Å². The molecular formula is C11H14N4O. The molecule has 1 aliphatic rings. The predicted molar refractivity (Wildman–Crippen MR) is 58.7 cm³/mol. The second-order valence-corrected chi connectivity index (χ2v) is 4.37. The van der Waals surface area contributed by atoms with E-state index in [0.717, 1.165) is 25.1 Å². The molecule has 2 aromatic rings. The second kappa shape index (κ2) is 3.45. The zero-order chi connectivity index (χ0) is 11.0. The van der Waals surface area contributed by atoms with Crippen molar-refractivity contribution in [2.75, 3.05) is 6.54 Å². The Morgan fingerprint density at radius 1 is 1.50 bits per heavy atom. The van der Waals surface area contributed by atoms with Gasteiger partial charge in [-0.2, -0.15) is 4.98 Å². The van der Waals surface area contributed by atoms with Crippen molar-refractivity contribution in [3.63, 3.8) is 0 Å². The maximum atomic E-state index is 5.33. The van der Waals surface area contributed by atoms with E-state index in [0.29, 0.717) is 11.7 Å². The van der Waals surface area contributed by atoms with Crippen LogP contribution in [0.15, 0.2) is 22.9 Å². The summed E-state index contributed by atoms with van der Waals surface area (Å²) in [5.41, 5.74) is 0.731. The van der Waals surface area contributed by atoms with Crippen LogP contribution in [0.25, 0.3) is 11.5 Å². The van der Waals surface area contributed by atoms with Crippen LogP contribution in [0.2, 0.25) is 0 Å². The number of aromatic amines is 1. The van der Waals surface area contributed by atoms with Crippen LogP contribution in [-0.2, 0) is 5.54 Å². The number of nitrogens with zero attached hydrogens (tertiary/aromatic N) is 2. The van der Waals surface area contributed by atoms with Gasteiger partial charge in [-0.05, 0) is 38.4 Å². The van der Waals surface area contributed by atoms with Crippen molar-refractivity contribution >= 4 is 0 Å². The number of aromatic nitrogens is 3. The summed E-state index contributed by atoms with van der Waals surface area (Å²) in [6, 6.07) is 3.85. The Labute approximate surface area is 93.3 Å². The highest BCUT2D eigenvalue weighted by Crippen LogP contribution is 2.29. The molecule has 3 rings (SSSR count). The van der Waals surface area contributed by atoms with Gasteiger partial charge in [0.1, 0.15) is 0 Å². The molecule has 3 heterocycles. The third kappa shape index (κ3) is 1.44. The molecule has 0 saturated carbocycles. The molecule has 0 aliphatic carbocycles. The van der Waals surface area contributed by atoms with Crippen LogP contribution >= 0.6 is 0 Å². The highest BCUT2D eigenvalue weighted by Gasteiger charge is 2.35. The van der Waals surface area contributed by atoms with Crippen LogP contribution < -0.4 is 5.32 Å². The van der Waals surface area contributed by atoms with Gasteiger partial charge in [-0.15, -0.1) is 0 Å². The molecule has 2 aromatic heterocycles. The van der Waals surface area contributed by atoms with Gasteiger partial charge in [0.2, 0.25) is 11.7 Å². The van der Waals surface area contributed by atoms with Crippen molar-refractivity contribution in [2.45, 2.75) is 25.3 Å². The van der Waals surface area contributed by atoms with E-state index in [-0.39, 0.29) is 5.54 Å². The first kappa shape index (κ1) is 9.59. The first-order valence-electron chi connectivity index (χ1n) is 5.51. The average molecular weight is 218 g/mol. The fourth-order valence-corrected chi connectivity index (χ4v) is 2.10. The highest BCUT2D eigenvalue weighted by atomic mass is 16.5. The lowest BCUT2D eigenvalue weighted by molar-refractivity contribution is 0.275. The van der Waals surface area contributed by atoms with Crippen LogP contribution in [-0.4, -0.2) is 21.7 Å². The lowest BCUT2D eigenvalue weighted by Crippen LogP contribution is -2.33. The molecule has 1 fully saturated rings. The van der Waals surface area contributed by atoms with Gasteiger partial charge in [0, 0.05) is 6.20 Å². The molecule has 0 amide bonds. The number of hydrogen-bond donors (Lipinski definition) is 2. The molecule has 2 N–H and O–H groups in total. The lowest BCUT2D eigenvalue weighted by Gasteiger charge is -2.18. The Balaban J connectivity index is 1.93. The van der Waals surface area contributed by atoms with Crippen molar-refractivity contribution < 1.29 is 4.52 Å². The van der Waals surface area contributed by atoms with Crippen molar-refractivity contribution in [1.82, 2.24) is 20.4 Å². The van der Waals surface area contributed by atoms with Gasteiger partial charge in [-0.25, -0.2) is 0 Å². The molecular weight excluding hydrogens is 204 g/mol. The maximum Gasteiger partial charge on any atom is 0.247 e. The molecule has 0 radical (unpaired) electrons. The number of rotatable bonds is 2. The molecule has 1 atom stereocenters. The smallest absolute Gasteiger partial charge is 0.247 e.